The van der Waals surface area contributed by atoms with E-state index in [2.05, 4.69) is 47.6 Å². The topological polar surface area (TPSA) is 15.3 Å². The highest BCUT2D eigenvalue weighted by Gasteiger charge is 2.17. The van der Waals surface area contributed by atoms with Crippen LogP contribution in [0, 0.1) is 0 Å². The molecule has 16 heavy (non-hydrogen) atoms. The van der Waals surface area contributed by atoms with Crippen molar-refractivity contribution in [1.82, 2.24) is 10.2 Å². The van der Waals surface area contributed by atoms with Crippen molar-refractivity contribution in [2.24, 2.45) is 0 Å². The second-order valence-corrected chi connectivity index (χ2v) is 4.40. The van der Waals surface area contributed by atoms with Gasteiger partial charge >= 0.3 is 0 Å². The minimum Gasteiger partial charge on any atom is -0.315 e. The van der Waals surface area contributed by atoms with Gasteiger partial charge in [0.1, 0.15) is 0 Å². The van der Waals surface area contributed by atoms with Crippen LogP contribution in [0.4, 0.5) is 0 Å². The first-order chi connectivity index (χ1) is 7.36. The maximum absolute atomic E-state index is 3.46. The molecule has 0 saturated carbocycles. The molecule has 1 unspecified atom stereocenters. The molecule has 0 spiro atoms. The van der Waals surface area contributed by atoms with Gasteiger partial charge in [0.25, 0.3) is 0 Å². The Hall–Kier alpha value is -0.570. The Morgan fingerprint density at radius 3 is 2.69 bits per heavy atom. The Morgan fingerprint density at radius 2 is 2.06 bits per heavy atom. The summed E-state index contributed by atoms with van der Waals surface area (Å²) >= 11 is 0. The van der Waals surface area contributed by atoms with Crippen LogP contribution in [0.2, 0.25) is 0 Å². The first-order valence-electron chi connectivity index (χ1n) is 5.81. The lowest BCUT2D eigenvalue weighted by Crippen LogP contribution is -2.43. The molecular weight excluding hydrogens is 220 g/mol. The Bertz CT molecular complexity index is 283. The summed E-state index contributed by atoms with van der Waals surface area (Å²) in [5, 5.41) is 3.46. The van der Waals surface area contributed by atoms with E-state index in [0.29, 0.717) is 6.04 Å². The molecule has 3 heteroatoms. The monoisotopic (exact) mass is 240 g/mol. The average Bonchev–Trinajstić information content (AvgIpc) is 2.31. The lowest BCUT2D eigenvalue weighted by molar-refractivity contribution is 0.196. The Labute approximate surface area is 104 Å². The normalized spacial score (nSPS) is 20.5. The van der Waals surface area contributed by atoms with E-state index in [9.17, 15) is 0 Å². The molecule has 1 saturated heterocycles. The van der Waals surface area contributed by atoms with Crippen LogP contribution in [0.15, 0.2) is 30.3 Å². The van der Waals surface area contributed by atoms with Crippen molar-refractivity contribution in [3.63, 3.8) is 0 Å². The lowest BCUT2D eigenvalue weighted by atomic mass is 10.1. The third-order valence-electron chi connectivity index (χ3n) is 3.17. The molecular formula is C13H21ClN2. The highest BCUT2D eigenvalue weighted by Crippen LogP contribution is 2.11. The molecule has 1 aromatic rings. The number of likely N-dealkylation sites (N-methyl/N-ethyl adjacent to an activating group) is 1. The van der Waals surface area contributed by atoms with Crippen molar-refractivity contribution >= 4 is 12.4 Å². The quantitative estimate of drug-likeness (QED) is 0.872. The van der Waals surface area contributed by atoms with E-state index in [1.807, 2.05) is 0 Å². The number of hydrogen-bond donors (Lipinski definition) is 1. The Kier molecular flexibility index (Phi) is 5.81. The fraction of sp³-hybridized carbons (Fsp3) is 0.538. The number of rotatable bonds is 3. The zero-order valence-electron chi connectivity index (χ0n) is 9.86. The number of hydrogen-bond acceptors (Lipinski definition) is 2. The summed E-state index contributed by atoms with van der Waals surface area (Å²) in [5.41, 5.74) is 1.41. The van der Waals surface area contributed by atoms with Gasteiger partial charge < -0.3 is 5.32 Å². The van der Waals surface area contributed by atoms with Gasteiger partial charge in [-0.05, 0) is 32.0 Å². The molecule has 1 aliphatic heterocycles. The van der Waals surface area contributed by atoms with Gasteiger partial charge in [-0.2, -0.15) is 0 Å². The summed E-state index contributed by atoms with van der Waals surface area (Å²) in [7, 11) is 2.23. The average molecular weight is 241 g/mol. The third-order valence-corrected chi connectivity index (χ3v) is 3.17. The molecule has 0 aliphatic carbocycles. The van der Waals surface area contributed by atoms with Crippen molar-refractivity contribution in [3.05, 3.63) is 35.9 Å². The number of piperidine rings is 1. The Morgan fingerprint density at radius 1 is 1.31 bits per heavy atom. The molecule has 1 heterocycles. The largest absolute Gasteiger partial charge is 0.315 e. The first-order valence-corrected chi connectivity index (χ1v) is 5.81. The number of halogens is 1. The molecule has 0 amide bonds. The molecule has 2 nitrogen and oxygen atoms in total. The van der Waals surface area contributed by atoms with Gasteiger partial charge in [-0.25, -0.2) is 0 Å². The lowest BCUT2D eigenvalue weighted by Gasteiger charge is -2.31. The van der Waals surface area contributed by atoms with E-state index in [0.717, 1.165) is 13.1 Å². The van der Waals surface area contributed by atoms with Crippen LogP contribution in [-0.4, -0.2) is 31.1 Å². The summed E-state index contributed by atoms with van der Waals surface area (Å²) in [6.45, 7) is 3.40. The minimum atomic E-state index is 0. The van der Waals surface area contributed by atoms with Gasteiger partial charge in [-0.3, -0.25) is 4.90 Å². The third kappa shape index (κ3) is 3.78. The molecule has 1 aromatic carbocycles. The molecule has 90 valence electrons. The molecule has 0 aromatic heterocycles. The standard InChI is InChI=1S/C13H20N2.ClH/c1-15(13-8-5-9-14-10-13)11-12-6-3-2-4-7-12;/h2-4,6-7,13-14H,5,8-11H2,1H3;1H. The molecule has 1 aliphatic rings. The van der Waals surface area contributed by atoms with E-state index >= 15 is 0 Å². The summed E-state index contributed by atoms with van der Waals surface area (Å²) in [4.78, 5) is 2.46. The Balaban J connectivity index is 0.00000128. The first kappa shape index (κ1) is 13.5. The maximum atomic E-state index is 3.46. The molecule has 1 fully saturated rings. The van der Waals surface area contributed by atoms with Crippen molar-refractivity contribution in [2.45, 2.75) is 25.4 Å². The van der Waals surface area contributed by atoms with Crippen LogP contribution in [0.5, 0.6) is 0 Å². The van der Waals surface area contributed by atoms with Crippen LogP contribution in [0.1, 0.15) is 18.4 Å². The van der Waals surface area contributed by atoms with Gasteiger partial charge in [0.15, 0.2) is 0 Å². The van der Waals surface area contributed by atoms with Crippen molar-refractivity contribution in [2.75, 3.05) is 20.1 Å². The highest BCUT2D eigenvalue weighted by molar-refractivity contribution is 5.85. The molecule has 1 atom stereocenters. The molecule has 1 N–H and O–H groups in total. The summed E-state index contributed by atoms with van der Waals surface area (Å²) in [6.07, 6.45) is 2.64. The summed E-state index contributed by atoms with van der Waals surface area (Å²) in [5.74, 6) is 0. The summed E-state index contributed by atoms with van der Waals surface area (Å²) in [6, 6.07) is 11.4. The molecule has 0 bridgehead atoms. The fourth-order valence-electron chi connectivity index (χ4n) is 2.21. The molecule has 0 radical (unpaired) electrons. The van der Waals surface area contributed by atoms with E-state index in [-0.39, 0.29) is 12.4 Å². The van der Waals surface area contributed by atoms with Crippen molar-refractivity contribution in [1.29, 1.82) is 0 Å². The maximum Gasteiger partial charge on any atom is 0.0234 e. The predicted molar refractivity (Wildman–Crippen MR) is 71.0 cm³/mol. The van der Waals surface area contributed by atoms with E-state index in [4.69, 9.17) is 0 Å². The summed E-state index contributed by atoms with van der Waals surface area (Å²) < 4.78 is 0. The number of nitrogens with zero attached hydrogens (tertiary/aromatic N) is 1. The smallest absolute Gasteiger partial charge is 0.0234 e. The highest BCUT2D eigenvalue weighted by atomic mass is 35.5. The van der Waals surface area contributed by atoms with Crippen LogP contribution in [0.3, 0.4) is 0 Å². The van der Waals surface area contributed by atoms with Crippen LogP contribution < -0.4 is 5.32 Å². The fourth-order valence-corrected chi connectivity index (χ4v) is 2.21. The zero-order valence-corrected chi connectivity index (χ0v) is 10.7. The van der Waals surface area contributed by atoms with Gasteiger partial charge in [-0.1, -0.05) is 30.3 Å². The van der Waals surface area contributed by atoms with E-state index in [1.54, 1.807) is 0 Å². The van der Waals surface area contributed by atoms with Crippen molar-refractivity contribution in [3.8, 4) is 0 Å². The van der Waals surface area contributed by atoms with Gasteiger partial charge in [0.2, 0.25) is 0 Å². The number of benzene rings is 1. The SMILES string of the molecule is CN(Cc1ccccc1)C1CCCNC1.Cl. The van der Waals surface area contributed by atoms with Crippen LogP contribution in [-0.2, 0) is 6.54 Å². The second-order valence-electron chi connectivity index (χ2n) is 4.40. The molecule has 2 rings (SSSR count). The van der Waals surface area contributed by atoms with Crippen LogP contribution >= 0.6 is 12.4 Å². The van der Waals surface area contributed by atoms with Crippen molar-refractivity contribution < 1.29 is 0 Å². The van der Waals surface area contributed by atoms with Gasteiger partial charge in [-0.15, -0.1) is 12.4 Å². The van der Waals surface area contributed by atoms with E-state index < -0.39 is 0 Å². The van der Waals surface area contributed by atoms with Crippen LogP contribution in [0.25, 0.3) is 0 Å². The number of nitrogens with one attached hydrogen (secondary N) is 1. The van der Waals surface area contributed by atoms with E-state index in [1.165, 1.54) is 24.9 Å². The van der Waals surface area contributed by atoms with Gasteiger partial charge in [0.05, 0.1) is 0 Å². The minimum absolute atomic E-state index is 0. The second kappa shape index (κ2) is 6.89. The van der Waals surface area contributed by atoms with Gasteiger partial charge in [0, 0.05) is 19.1 Å². The zero-order chi connectivity index (χ0) is 10.5. The predicted octanol–water partition coefficient (Wildman–Crippen LogP) is 2.29.